The molecule has 0 unspecified atom stereocenters. The van der Waals surface area contributed by atoms with Crippen molar-refractivity contribution in [3.05, 3.63) is 74.9 Å². The topological polar surface area (TPSA) is 69.4 Å². The van der Waals surface area contributed by atoms with Gasteiger partial charge in [-0.05, 0) is 31.2 Å². The number of ether oxygens (including phenoxy) is 1. The monoisotopic (exact) mass is 484 g/mol. The fourth-order valence-electron chi connectivity index (χ4n) is 3.59. The normalized spacial score (nSPS) is 13.9. The van der Waals surface area contributed by atoms with Gasteiger partial charge in [-0.15, -0.1) is 0 Å². The number of benzene rings is 1. The van der Waals surface area contributed by atoms with Gasteiger partial charge in [0, 0.05) is 19.3 Å². The highest BCUT2D eigenvalue weighted by Gasteiger charge is 2.38. The number of hydrogen-bond donors (Lipinski definition) is 0. The predicted molar refractivity (Wildman–Crippen MR) is 110 cm³/mol. The van der Waals surface area contributed by atoms with E-state index in [4.69, 9.17) is 16.3 Å². The van der Waals surface area contributed by atoms with E-state index in [2.05, 4.69) is 4.98 Å². The third-order valence-corrected chi connectivity index (χ3v) is 5.58. The van der Waals surface area contributed by atoms with Crippen LogP contribution in [-0.4, -0.2) is 44.6 Å². The van der Waals surface area contributed by atoms with Gasteiger partial charge in [-0.3, -0.25) is 9.59 Å². The molecule has 1 aliphatic heterocycles. The Hall–Kier alpha value is -3.34. The van der Waals surface area contributed by atoms with E-state index in [0.717, 1.165) is 11.8 Å². The summed E-state index contributed by atoms with van der Waals surface area (Å²) in [7, 11) is 0. The lowest BCUT2D eigenvalue weighted by Crippen LogP contribution is -2.46. The lowest BCUT2D eigenvalue weighted by molar-refractivity contribution is -0.140. The number of halogens is 5. The summed E-state index contributed by atoms with van der Waals surface area (Å²) < 4.78 is 60.8. The van der Waals surface area contributed by atoms with Crippen LogP contribution >= 0.6 is 11.6 Å². The van der Waals surface area contributed by atoms with Crippen LogP contribution in [0.25, 0.3) is 5.69 Å². The molecule has 0 fully saturated rings. The number of hydrogen-bond acceptors (Lipinski definition) is 4. The third-order valence-electron chi connectivity index (χ3n) is 5.20. The van der Waals surface area contributed by atoms with Gasteiger partial charge < -0.3 is 18.8 Å². The molecule has 0 bridgehead atoms. The van der Waals surface area contributed by atoms with Crippen molar-refractivity contribution in [1.82, 2.24) is 19.0 Å². The van der Waals surface area contributed by atoms with E-state index in [1.807, 2.05) is 0 Å². The van der Waals surface area contributed by atoms with E-state index < -0.39 is 28.5 Å². The van der Waals surface area contributed by atoms with Gasteiger partial charge in [0.1, 0.15) is 35.1 Å². The Morgan fingerprint density at radius 2 is 1.91 bits per heavy atom. The van der Waals surface area contributed by atoms with Crippen molar-refractivity contribution in [1.29, 1.82) is 0 Å². The summed E-state index contributed by atoms with van der Waals surface area (Å²) in [6.45, 7) is 2.08. The number of rotatable bonds is 5. The molecule has 0 saturated carbocycles. The first-order valence-electron chi connectivity index (χ1n) is 9.80. The van der Waals surface area contributed by atoms with Gasteiger partial charge in [-0.25, -0.2) is 9.37 Å². The van der Waals surface area contributed by atoms with Gasteiger partial charge in [0.2, 0.25) is 0 Å². The summed E-state index contributed by atoms with van der Waals surface area (Å²) in [6.07, 6.45) is -1.77. The summed E-state index contributed by atoms with van der Waals surface area (Å²) in [5.41, 5.74) is -0.663. The number of imidazole rings is 1. The van der Waals surface area contributed by atoms with E-state index in [0.29, 0.717) is 11.8 Å². The van der Waals surface area contributed by atoms with Gasteiger partial charge in [0.05, 0.1) is 23.6 Å². The second-order valence-electron chi connectivity index (χ2n) is 7.36. The molecule has 0 aliphatic carbocycles. The van der Waals surface area contributed by atoms with Crippen molar-refractivity contribution in [2.75, 3.05) is 19.7 Å². The minimum absolute atomic E-state index is 0.0323. The summed E-state index contributed by atoms with van der Waals surface area (Å²) in [5, 5.41) is -0.883. The van der Waals surface area contributed by atoms with Crippen LogP contribution in [0.3, 0.4) is 0 Å². The molecule has 3 heterocycles. The van der Waals surface area contributed by atoms with E-state index in [9.17, 15) is 27.2 Å². The van der Waals surface area contributed by atoms with E-state index in [1.165, 1.54) is 27.9 Å². The zero-order valence-electron chi connectivity index (χ0n) is 17.2. The summed E-state index contributed by atoms with van der Waals surface area (Å²) in [4.78, 5) is 31.2. The molecule has 1 amide bonds. The van der Waals surface area contributed by atoms with E-state index in [-0.39, 0.29) is 43.2 Å². The minimum atomic E-state index is -4.98. The highest BCUT2D eigenvalue weighted by Crippen LogP contribution is 2.41. The SMILES string of the molecule is Cc1cn(-c2ccc3n(c2=O)CCN(CCOc2ccc(F)c(C(F)(F)F)c2Cl)C3=O)cn1. The predicted octanol–water partition coefficient (Wildman–Crippen LogP) is 3.69. The van der Waals surface area contributed by atoms with Crippen LogP contribution in [0.5, 0.6) is 5.75 Å². The maximum atomic E-state index is 13.6. The molecule has 0 radical (unpaired) electrons. The molecule has 4 rings (SSSR count). The zero-order chi connectivity index (χ0) is 23.9. The van der Waals surface area contributed by atoms with Crippen molar-refractivity contribution in [2.45, 2.75) is 19.6 Å². The Kier molecular flexibility index (Phi) is 5.91. The number of nitrogens with zero attached hydrogens (tertiary/aromatic N) is 4. The number of carbonyl (C=O) groups excluding carboxylic acids is 1. The van der Waals surface area contributed by atoms with E-state index >= 15 is 0 Å². The highest BCUT2D eigenvalue weighted by atomic mass is 35.5. The van der Waals surface area contributed by atoms with Gasteiger partial charge >= 0.3 is 6.18 Å². The van der Waals surface area contributed by atoms with Crippen LogP contribution in [0.4, 0.5) is 17.6 Å². The molecule has 7 nitrogen and oxygen atoms in total. The van der Waals surface area contributed by atoms with E-state index in [1.54, 1.807) is 17.7 Å². The van der Waals surface area contributed by atoms with Gasteiger partial charge in [-0.2, -0.15) is 13.2 Å². The van der Waals surface area contributed by atoms with Crippen LogP contribution in [0.15, 0.2) is 41.6 Å². The smallest absolute Gasteiger partial charge is 0.420 e. The Balaban J connectivity index is 1.47. The first kappa shape index (κ1) is 22.8. The summed E-state index contributed by atoms with van der Waals surface area (Å²) >= 11 is 5.69. The fraction of sp³-hybridized carbons (Fsp3) is 0.286. The number of aryl methyl sites for hydroxylation is 1. The van der Waals surface area contributed by atoms with Crippen molar-refractivity contribution in [3.8, 4) is 11.4 Å². The largest absolute Gasteiger partial charge is 0.490 e. The number of amides is 1. The number of aromatic nitrogens is 3. The first-order valence-corrected chi connectivity index (χ1v) is 10.2. The van der Waals surface area contributed by atoms with Crippen molar-refractivity contribution >= 4 is 17.5 Å². The Morgan fingerprint density at radius 1 is 1.15 bits per heavy atom. The van der Waals surface area contributed by atoms with Crippen LogP contribution in [0, 0.1) is 12.7 Å². The molecular weight excluding hydrogens is 468 g/mol. The lowest BCUT2D eigenvalue weighted by Gasteiger charge is -2.29. The van der Waals surface area contributed by atoms with Gasteiger partial charge in [-0.1, -0.05) is 11.6 Å². The summed E-state index contributed by atoms with van der Waals surface area (Å²) in [6, 6.07) is 4.69. The molecule has 1 aliphatic rings. The standard InChI is InChI=1S/C21H17ClF4N4O3/c1-12-10-29(11-27-12)14-3-4-15-19(31)28(6-7-30(15)20(14)32)8-9-33-16-5-2-13(23)17(18(16)22)21(24,25)26/h2-5,10-11H,6-9H2,1H3. The Labute approximate surface area is 189 Å². The molecule has 0 spiro atoms. The molecule has 1 aromatic carbocycles. The van der Waals surface area contributed by atoms with Crippen molar-refractivity contribution in [2.24, 2.45) is 0 Å². The number of pyridine rings is 1. The zero-order valence-corrected chi connectivity index (χ0v) is 18.0. The molecule has 174 valence electrons. The maximum absolute atomic E-state index is 13.6. The Morgan fingerprint density at radius 3 is 2.58 bits per heavy atom. The molecule has 0 N–H and O–H groups in total. The molecule has 33 heavy (non-hydrogen) atoms. The molecule has 0 saturated heterocycles. The molecule has 3 aromatic rings. The first-order chi connectivity index (χ1) is 15.6. The number of carbonyl (C=O) groups is 1. The maximum Gasteiger partial charge on any atom is 0.420 e. The highest BCUT2D eigenvalue weighted by molar-refractivity contribution is 6.32. The summed E-state index contributed by atoms with van der Waals surface area (Å²) in [5.74, 6) is -2.26. The molecule has 12 heteroatoms. The molecule has 2 aromatic heterocycles. The molecule has 0 atom stereocenters. The van der Waals surface area contributed by atoms with Crippen LogP contribution in [0.1, 0.15) is 21.7 Å². The fourth-order valence-corrected chi connectivity index (χ4v) is 3.91. The lowest BCUT2D eigenvalue weighted by atomic mass is 10.2. The second-order valence-corrected chi connectivity index (χ2v) is 7.73. The quantitative estimate of drug-likeness (QED) is 0.518. The van der Waals surface area contributed by atoms with Crippen molar-refractivity contribution in [3.63, 3.8) is 0 Å². The van der Waals surface area contributed by atoms with Crippen molar-refractivity contribution < 1.29 is 27.1 Å². The number of alkyl halides is 3. The minimum Gasteiger partial charge on any atom is -0.490 e. The Bertz CT molecular complexity index is 1290. The second kappa shape index (κ2) is 8.54. The number of fused-ring (bicyclic) bond motifs is 1. The van der Waals surface area contributed by atoms with Gasteiger partial charge in [0.25, 0.3) is 11.5 Å². The van der Waals surface area contributed by atoms with Crippen LogP contribution in [0.2, 0.25) is 5.02 Å². The average molecular weight is 485 g/mol. The van der Waals surface area contributed by atoms with Crippen LogP contribution < -0.4 is 10.3 Å². The third kappa shape index (κ3) is 4.32. The molecular formula is C21H17ClF4N4O3. The average Bonchev–Trinajstić information content (AvgIpc) is 3.17. The van der Waals surface area contributed by atoms with Gasteiger partial charge in [0.15, 0.2) is 0 Å². The van der Waals surface area contributed by atoms with Crippen LogP contribution in [-0.2, 0) is 12.7 Å².